The van der Waals surface area contributed by atoms with Crippen molar-refractivity contribution in [1.82, 2.24) is 5.32 Å². The first-order chi connectivity index (χ1) is 12.7. The zero-order valence-corrected chi connectivity index (χ0v) is 15.2. The summed E-state index contributed by atoms with van der Waals surface area (Å²) in [6, 6.07) is 16.2. The van der Waals surface area contributed by atoms with Gasteiger partial charge in [-0.1, -0.05) is 24.3 Å². The molecule has 0 saturated heterocycles. The highest BCUT2D eigenvalue weighted by Crippen LogP contribution is 2.32. The Balaban J connectivity index is 1.28. The van der Waals surface area contributed by atoms with Gasteiger partial charge in [0.05, 0.1) is 0 Å². The molecule has 0 aliphatic carbocycles. The second kappa shape index (κ2) is 9.13. The van der Waals surface area contributed by atoms with Gasteiger partial charge in [0.2, 0.25) is 12.7 Å². The van der Waals surface area contributed by atoms with Gasteiger partial charge in [-0.15, -0.1) is 0 Å². The van der Waals surface area contributed by atoms with Gasteiger partial charge in [0, 0.05) is 32.2 Å². The summed E-state index contributed by atoms with van der Waals surface area (Å²) >= 11 is 0. The number of amides is 1. The number of aryl methyl sites for hydroxylation is 1. The molecule has 0 aromatic heterocycles. The van der Waals surface area contributed by atoms with Crippen molar-refractivity contribution in [2.75, 3.05) is 31.8 Å². The Kier molecular flexibility index (Phi) is 6.36. The van der Waals surface area contributed by atoms with Crippen LogP contribution in [-0.2, 0) is 11.2 Å². The average Bonchev–Trinajstić information content (AvgIpc) is 3.14. The minimum atomic E-state index is 0.0964. The quantitative estimate of drug-likeness (QED) is 0.702. The fourth-order valence-corrected chi connectivity index (χ4v) is 2.96. The molecule has 5 nitrogen and oxygen atoms in total. The van der Waals surface area contributed by atoms with Crippen LogP contribution in [-0.4, -0.2) is 32.8 Å². The molecule has 2 aromatic carbocycles. The SMILES string of the molecule is CN(CCCCNC(=O)CCc1ccc2c(c1)OCO2)c1ccccc1. The normalized spacial score (nSPS) is 12.0. The van der Waals surface area contributed by atoms with Gasteiger partial charge < -0.3 is 19.7 Å². The number of rotatable bonds is 9. The van der Waals surface area contributed by atoms with Crippen LogP contribution >= 0.6 is 0 Å². The Hall–Kier alpha value is -2.69. The number of carbonyl (C=O) groups is 1. The molecule has 0 unspecified atom stereocenters. The molecule has 0 fully saturated rings. The maximum atomic E-state index is 12.0. The fourth-order valence-electron chi connectivity index (χ4n) is 2.96. The van der Waals surface area contributed by atoms with E-state index in [9.17, 15) is 4.79 Å². The topological polar surface area (TPSA) is 50.8 Å². The lowest BCUT2D eigenvalue weighted by Gasteiger charge is -2.19. The first-order valence-corrected chi connectivity index (χ1v) is 9.14. The molecule has 26 heavy (non-hydrogen) atoms. The fraction of sp³-hybridized carbons (Fsp3) is 0.381. The molecule has 3 rings (SSSR count). The van der Waals surface area contributed by atoms with E-state index in [0.717, 1.165) is 43.0 Å². The highest BCUT2D eigenvalue weighted by atomic mass is 16.7. The first-order valence-electron chi connectivity index (χ1n) is 9.14. The van der Waals surface area contributed by atoms with E-state index in [-0.39, 0.29) is 12.7 Å². The molecule has 0 spiro atoms. The number of anilines is 1. The third-order valence-corrected chi connectivity index (χ3v) is 4.52. The second-order valence-electron chi connectivity index (χ2n) is 6.50. The van der Waals surface area contributed by atoms with Gasteiger partial charge in [-0.05, 0) is 49.1 Å². The van der Waals surface area contributed by atoms with Gasteiger partial charge in [0.1, 0.15) is 0 Å². The minimum Gasteiger partial charge on any atom is -0.454 e. The summed E-state index contributed by atoms with van der Waals surface area (Å²) in [6.45, 7) is 1.98. The third-order valence-electron chi connectivity index (χ3n) is 4.52. The Morgan fingerprint density at radius 2 is 1.88 bits per heavy atom. The van der Waals surface area contributed by atoms with E-state index in [2.05, 4.69) is 29.4 Å². The lowest BCUT2D eigenvalue weighted by atomic mass is 10.1. The number of para-hydroxylation sites is 1. The Bertz CT molecular complexity index is 718. The van der Waals surface area contributed by atoms with Gasteiger partial charge >= 0.3 is 0 Å². The van der Waals surface area contributed by atoms with Crippen LogP contribution in [0.4, 0.5) is 5.69 Å². The van der Waals surface area contributed by atoms with Gasteiger partial charge in [0.25, 0.3) is 0 Å². The van der Waals surface area contributed by atoms with Crippen molar-refractivity contribution in [2.45, 2.75) is 25.7 Å². The summed E-state index contributed by atoms with van der Waals surface area (Å²) in [5.74, 6) is 1.64. The van der Waals surface area contributed by atoms with E-state index in [1.165, 1.54) is 5.69 Å². The third kappa shape index (κ3) is 5.15. The number of benzene rings is 2. The highest BCUT2D eigenvalue weighted by molar-refractivity contribution is 5.76. The molecule has 0 saturated carbocycles. The molecule has 0 atom stereocenters. The van der Waals surface area contributed by atoms with E-state index in [1.54, 1.807) is 0 Å². The van der Waals surface area contributed by atoms with E-state index in [4.69, 9.17) is 9.47 Å². The van der Waals surface area contributed by atoms with E-state index in [0.29, 0.717) is 12.8 Å². The van der Waals surface area contributed by atoms with Crippen LogP contribution in [0.15, 0.2) is 48.5 Å². The second-order valence-corrected chi connectivity index (χ2v) is 6.50. The van der Waals surface area contributed by atoms with Crippen molar-refractivity contribution in [3.8, 4) is 11.5 Å². The lowest BCUT2D eigenvalue weighted by Crippen LogP contribution is -2.26. The van der Waals surface area contributed by atoms with Crippen LogP contribution in [0.3, 0.4) is 0 Å². The van der Waals surface area contributed by atoms with Crippen LogP contribution in [0.1, 0.15) is 24.8 Å². The largest absolute Gasteiger partial charge is 0.454 e. The zero-order valence-electron chi connectivity index (χ0n) is 15.2. The lowest BCUT2D eigenvalue weighted by molar-refractivity contribution is -0.121. The average molecular weight is 354 g/mol. The van der Waals surface area contributed by atoms with Gasteiger partial charge in [-0.25, -0.2) is 0 Å². The zero-order chi connectivity index (χ0) is 18.2. The molecule has 0 bridgehead atoms. The van der Waals surface area contributed by atoms with Crippen molar-refractivity contribution in [3.63, 3.8) is 0 Å². The number of hydrogen-bond donors (Lipinski definition) is 1. The molecule has 0 radical (unpaired) electrons. The maximum Gasteiger partial charge on any atom is 0.231 e. The van der Waals surface area contributed by atoms with Crippen LogP contribution in [0.5, 0.6) is 11.5 Å². The molecule has 1 amide bonds. The number of nitrogens with zero attached hydrogens (tertiary/aromatic N) is 1. The van der Waals surface area contributed by atoms with Gasteiger partial charge in [0.15, 0.2) is 11.5 Å². The summed E-state index contributed by atoms with van der Waals surface area (Å²) in [4.78, 5) is 14.2. The smallest absolute Gasteiger partial charge is 0.231 e. The van der Waals surface area contributed by atoms with Crippen LogP contribution < -0.4 is 19.7 Å². The first kappa shape index (κ1) is 18.1. The van der Waals surface area contributed by atoms with Crippen LogP contribution in [0.25, 0.3) is 0 Å². The monoisotopic (exact) mass is 354 g/mol. The van der Waals surface area contributed by atoms with Gasteiger partial charge in [-0.2, -0.15) is 0 Å². The standard InChI is InChI=1S/C21H26N2O3/c1-23(18-7-3-2-4-8-18)14-6-5-13-22-21(24)12-10-17-9-11-19-20(15-17)26-16-25-19/h2-4,7-9,11,15H,5-6,10,12-14,16H2,1H3,(H,22,24). The predicted molar refractivity (Wildman–Crippen MR) is 103 cm³/mol. The van der Waals surface area contributed by atoms with E-state index >= 15 is 0 Å². The van der Waals surface area contributed by atoms with Crippen molar-refractivity contribution in [1.29, 1.82) is 0 Å². The summed E-state index contributed by atoms with van der Waals surface area (Å²) < 4.78 is 10.7. The van der Waals surface area contributed by atoms with Crippen molar-refractivity contribution >= 4 is 11.6 Å². The molecular formula is C21H26N2O3. The number of carbonyl (C=O) groups excluding carboxylic acids is 1. The summed E-state index contributed by atoms with van der Waals surface area (Å²) in [7, 11) is 2.10. The minimum absolute atomic E-state index is 0.0964. The molecule has 1 N–H and O–H groups in total. The summed E-state index contributed by atoms with van der Waals surface area (Å²) in [6.07, 6.45) is 3.23. The van der Waals surface area contributed by atoms with Crippen LogP contribution in [0.2, 0.25) is 0 Å². The van der Waals surface area contributed by atoms with E-state index in [1.807, 2.05) is 36.4 Å². The molecule has 2 aromatic rings. The molecule has 5 heteroatoms. The molecular weight excluding hydrogens is 328 g/mol. The summed E-state index contributed by atoms with van der Waals surface area (Å²) in [5.41, 5.74) is 2.31. The maximum absolute atomic E-state index is 12.0. The van der Waals surface area contributed by atoms with Crippen LogP contribution in [0, 0.1) is 0 Å². The Morgan fingerprint density at radius 1 is 1.08 bits per heavy atom. The van der Waals surface area contributed by atoms with Crippen molar-refractivity contribution in [3.05, 3.63) is 54.1 Å². The molecule has 1 heterocycles. The molecule has 138 valence electrons. The molecule has 1 aliphatic rings. The number of fused-ring (bicyclic) bond motifs is 1. The number of hydrogen-bond acceptors (Lipinski definition) is 4. The van der Waals surface area contributed by atoms with E-state index < -0.39 is 0 Å². The summed E-state index contributed by atoms with van der Waals surface area (Å²) in [5, 5.41) is 3.01. The number of unbranched alkanes of at least 4 members (excludes halogenated alkanes) is 1. The highest BCUT2D eigenvalue weighted by Gasteiger charge is 2.13. The Labute approximate surface area is 154 Å². The number of nitrogens with one attached hydrogen (secondary N) is 1. The van der Waals surface area contributed by atoms with Crippen molar-refractivity contribution in [2.24, 2.45) is 0 Å². The van der Waals surface area contributed by atoms with Gasteiger partial charge in [-0.3, -0.25) is 4.79 Å². The predicted octanol–water partition coefficient (Wildman–Crippen LogP) is 3.38. The molecule has 1 aliphatic heterocycles. The Morgan fingerprint density at radius 3 is 2.73 bits per heavy atom. The number of ether oxygens (including phenoxy) is 2. The van der Waals surface area contributed by atoms with Crippen molar-refractivity contribution < 1.29 is 14.3 Å².